The van der Waals surface area contributed by atoms with Gasteiger partial charge in [-0.1, -0.05) is 33.6 Å². The molecular formula is C18H29ClO. The van der Waals surface area contributed by atoms with Crippen LogP contribution in [-0.2, 0) is 4.74 Å². The van der Waals surface area contributed by atoms with E-state index in [9.17, 15) is 0 Å². The molecule has 2 bridgehead atoms. The van der Waals surface area contributed by atoms with Gasteiger partial charge in [-0.2, -0.15) is 0 Å². The van der Waals surface area contributed by atoms with E-state index in [2.05, 4.69) is 20.8 Å². The molecule has 114 valence electrons. The Balaban J connectivity index is 1.51. The summed E-state index contributed by atoms with van der Waals surface area (Å²) in [6.45, 7) is 7.44. The van der Waals surface area contributed by atoms with Crippen LogP contribution in [0.2, 0.25) is 0 Å². The highest BCUT2D eigenvalue weighted by Gasteiger charge is 2.64. The van der Waals surface area contributed by atoms with Crippen molar-refractivity contribution in [3.05, 3.63) is 0 Å². The predicted molar refractivity (Wildman–Crippen MR) is 83.0 cm³/mol. The first kappa shape index (κ1) is 13.9. The molecule has 0 radical (unpaired) electrons. The summed E-state index contributed by atoms with van der Waals surface area (Å²) < 4.78 is 6.74. The fourth-order valence-electron chi connectivity index (χ4n) is 6.09. The van der Waals surface area contributed by atoms with Gasteiger partial charge in [0.25, 0.3) is 0 Å². The van der Waals surface area contributed by atoms with E-state index < -0.39 is 0 Å². The highest BCUT2D eigenvalue weighted by atomic mass is 35.5. The molecule has 1 nitrogen and oxygen atoms in total. The molecule has 0 aromatic carbocycles. The molecule has 5 atom stereocenters. The van der Waals surface area contributed by atoms with Crippen molar-refractivity contribution in [3.63, 3.8) is 0 Å². The van der Waals surface area contributed by atoms with Crippen molar-refractivity contribution in [2.75, 3.05) is 0 Å². The van der Waals surface area contributed by atoms with Gasteiger partial charge in [0.2, 0.25) is 0 Å². The van der Waals surface area contributed by atoms with E-state index in [4.69, 9.17) is 16.3 Å². The van der Waals surface area contributed by atoms with Gasteiger partial charge in [-0.25, -0.2) is 0 Å². The van der Waals surface area contributed by atoms with Crippen LogP contribution in [0.1, 0.15) is 72.1 Å². The lowest BCUT2D eigenvalue weighted by molar-refractivity contribution is -0.170. The lowest BCUT2D eigenvalue weighted by Gasteiger charge is -2.53. The monoisotopic (exact) mass is 296 g/mol. The summed E-state index contributed by atoms with van der Waals surface area (Å²) in [5, 5.41) is 0.384. The molecule has 4 rings (SSSR count). The Labute approximate surface area is 128 Å². The summed E-state index contributed by atoms with van der Waals surface area (Å²) in [5.74, 6) is 0.879. The molecule has 0 aromatic rings. The van der Waals surface area contributed by atoms with Gasteiger partial charge in [0, 0.05) is 10.8 Å². The van der Waals surface area contributed by atoms with Crippen molar-refractivity contribution in [2.24, 2.45) is 22.2 Å². The first-order chi connectivity index (χ1) is 9.40. The molecule has 5 unspecified atom stereocenters. The minimum absolute atomic E-state index is 0.351. The fraction of sp³-hybridized carbons (Fsp3) is 1.00. The topological polar surface area (TPSA) is 9.23 Å². The minimum Gasteiger partial charge on any atom is -0.374 e. The fourth-order valence-corrected chi connectivity index (χ4v) is 6.61. The summed E-state index contributed by atoms with van der Waals surface area (Å²) in [6, 6.07) is 0. The Morgan fingerprint density at radius 3 is 2.15 bits per heavy atom. The van der Waals surface area contributed by atoms with Crippen molar-refractivity contribution in [2.45, 2.75) is 89.7 Å². The van der Waals surface area contributed by atoms with Gasteiger partial charge in [0.1, 0.15) is 0 Å². The zero-order valence-corrected chi connectivity index (χ0v) is 14.0. The van der Waals surface area contributed by atoms with Crippen LogP contribution in [0.25, 0.3) is 0 Å². The standard InChI is InChI=1S/C18H29ClO/c1-16(2)12-6-9-17(16,3)14(10-12)20-15-11-13(19)18(15)7-4-5-8-18/h12-15H,4-11H2,1-3H3. The molecule has 0 N–H and O–H groups in total. The quantitative estimate of drug-likeness (QED) is 0.640. The Morgan fingerprint density at radius 1 is 0.950 bits per heavy atom. The van der Waals surface area contributed by atoms with E-state index in [0.717, 1.165) is 12.3 Å². The van der Waals surface area contributed by atoms with E-state index in [-0.39, 0.29) is 0 Å². The number of hydrogen-bond donors (Lipinski definition) is 0. The Morgan fingerprint density at radius 2 is 1.65 bits per heavy atom. The van der Waals surface area contributed by atoms with E-state index in [1.54, 1.807) is 0 Å². The zero-order valence-electron chi connectivity index (χ0n) is 13.3. The third-order valence-electron chi connectivity index (χ3n) is 8.26. The van der Waals surface area contributed by atoms with Gasteiger partial charge in [-0.15, -0.1) is 11.6 Å². The summed E-state index contributed by atoms with van der Waals surface area (Å²) in [4.78, 5) is 0. The summed E-state index contributed by atoms with van der Waals surface area (Å²) in [7, 11) is 0. The molecule has 1 spiro atoms. The van der Waals surface area contributed by atoms with Crippen LogP contribution in [0, 0.1) is 22.2 Å². The number of halogens is 1. The summed E-state index contributed by atoms with van der Waals surface area (Å²) in [6.07, 6.45) is 11.5. The molecule has 4 fully saturated rings. The van der Waals surface area contributed by atoms with Crippen LogP contribution in [0.5, 0.6) is 0 Å². The minimum atomic E-state index is 0.351. The predicted octanol–water partition coefficient (Wildman–Crippen LogP) is 5.16. The lowest BCUT2D eigenvalue weighted by atomic mass is 9.63. The molecule has 2 heteroatoms. The SMILES string of the molecule is CC1(C)C2CCC1(C)C(OC1CC(Cl)C13CCCC3)C2. The molecular weight excluding hydrogens is 268 g/mol. The average Bonchev–Trinajstić information content (AvgIpc) is 3.03. The van der Waals surface area contributed by atoms with Crippen molar-refractivity contribution in [1.29, 1.82) is 0 Å². The van der Waals surface area contributed by atoms with Crippen LogP contribution in [0.4, 0.5) is 0 Å². The second kappa shape index (κ2) is 4.16. The maximum atomic E-state index is 6.74. The van der Waals surface area contributed by atoms with Gasteiger partial charge in [0.05, 0.1) is 12.2 Å². The third-order valence-corrected chi connectivity index (χ3v) is 8.88. The number of ether oxygens (including phenoxy) is 1. The van der Waals surface area contributed by atoms with Gasteiger partial charge in [0.15, 0.2) is 0 Å². The molecule has 4 saturated carbocycles. The molecule has 0 aliphatic heterocycles. The second-order valence-electron chi connectivity index (χ2n) is 8.87. The maximum Gasteiger partial charge on any atom is 0.0663 e. The third kappa shape index (κ3) is 1.50. The molecule has 0 saturated heterocycles. The van der Waals surface area contributed by atoms with Crippen LogP contribution in [-0.4, -0.2) is 17.6 Å². The van der Waals surface area contributed by atoms with Crippen LogP contribution < -0.4 is 0 Å². The van der Waals surface area contributed by atoms with Gasteiger partial charge < -0.3 is 4.74 Å². The number of alkyl halides is 1. The number of hydrogen-bond acceptors (Lipinski definition) is 1. The maximum absolute atomic E-state index is 6.74. The second-order valence-corrected chi connectivity index (χ2v) is 9.39. The largest absolute Gasteiger partial charge is 0.374 e. The molecule has 4 aliphatic rings. The van der Waals surface area contributed by atoms with E-state index in [1.165, 1.54) is 44.9 Å². The van der Waals surface area contributed by atoms with Crippen LogP contribution in [0.15, 0.2) is 0 Å². The van der Waals surface area contributed by atoms with Crippen molar-refractivity contribution in [3.8, 4) is 0 Å². The van der Waals surface area contributed by atoms with Gasteiger partial charge in [-0.3, -0.25) is 0 Å². The molecule has 0 aromatic heterocycles. The smallest absolute Gasteiger partial charge is 0.0663 e. The Bertz CT molecular complexity index is 412. The first-order valence-corrected chi connectivity index (χ1v) is 9.13. The Hall–Kier alpha value is 0.250. The Kier molecular flexibility index (Phi) is 2.89. The highest BCUT2D eigenvalue weighted by molar-refractivity contribution is 6.21. The normalized spacial score (nSPS) is 51.6. The van der Waals surface area contributed by atoms with Gasteiger partial charge >= 0.3 is 0 Å². The molecule has 4 aliphatic carbocycles. The van der Waals surface area contributed by atoms with E-state index in [1.807, 2.05) is 0 Å². The lowest BCUT2D eigenvalue weighted by Crippen LogP contribution is -2.56. The van der Waals surface area contributed by atoms with Crippen molar-refractivity contribution < 1.29 is 4.74 Å². The first-order valence-electron chi connectivity index (χ1n) is 8.70. The van der Waals surface area contributed by atoms with Crippen molar-refractivity contribution in [1.82, 2.24) is 0 Å². The molecule has 20 heavy (non-hydrogen) atoms. The highest BCUT2D eigenvalue weighted by Crippen LogP contribution is 2.67. The summed E-state index contributed by atoms with van der Waals surface area (Å²) in [5.41, 5.74) is 1.21. The van der Waals surface area contributed by atoms with Gasteiger partial charge in [-0.05, 0) is 55.3 Å². The number of fused-ring (bicyclic) bond motifs is 2. The number of rotatable bonds is 2. The van der Waals surface area contributed by atoms with Crippen molar-refractivity contribution >= 4 is 11.6 Å². The molecule has 0 heterocycles. The van der Waals surface area contributed by atoms with E-state index >= 15 is 0 Å². The van der Waals surface area contributed by atoms with E-state index in [0.29, 0.717) is 33.8 Å². The molecule has 0 amide bonds. The van der Waals surface area contributed by atoms with Crippen LogP contribution >= 0.6 is 11.6 Å². The summed E-state index contributed by atoms with van der Waals surface area (Å²) >= 11 is 6.58. The zero-order chi connectivity index (χ0) is 14.2. The average molecular weight is 297 g/mol. The van der Waals surface area contributed by atoms with Crippen LogP contribution in [0.3, 0.4) is 0 Å².